The van der Waals surface area contributed by atoms with Crippen LogP contribution >= 0.6 is 0 Å². The summed E-state index contributed by atoms with van der Waals surface area (Å²) in [5, 5.41) is 15.7. The van der Waals surface area contributed by atoms with Crippen molar-refractivity contribution in [1.29, 1.82) is 0 Å². The van der Waals surface area contributed by atoms with Crippen LogP contribution in [0.3, 0.4) is 0 Å². The predicted molar refractivity (Wildman–Crippen MR) is 124 cm³/mol. The fourth-order valence-electron chi connectivity index (χ4n) is 3.76. The van der Waals surface area contributed by atoms with Crippen LogP contribution in [-0.2, 0) is 12.8 Å². The number of aromatic nitrogens is 4. The molecule has 7 heteroatoms. The Labute approximate surface area is 189 Å². The lowest BCUT2D eigenvalue weighted by atomic mass is 10.0. The number of carbonyl (C=O) groups excluding carboxylic acids is 1. The highest BCUT2D eigenvalue weighted by Crippen LogP contribution is 2.21. The maximum atomic E-state index is 12.6. The van der Waals surface area contributed by atoms with Gasteiger partial charge in [-0.3, -0.25) is 9.89 Å². The van der Waals surface area contributed by atoms with E-state index in [0.717, 1.165) is 27.6 Å². The fraction of sp³-hybridized carbons (Fsp3) is 0.0769. The number of esters is 1. The Kier molecular flexibility index (Phi) is 5.51. The van der Waals surface area contributed by atoms with E-state index in [1.807, 2.05) is 72.8 Å². The number of carbonyl (C=O) groups is 1. The number of nitrogens with zero attached hydrogens (tertiary/aromatic N) is 2. The first-order valence-corrected chi connectivity index (χ1v) is 10.5. The van der Waals surface area contributed by atoms with Crippen LogP contribution in [0.5, 0.6) is 5.75 Å². The summed E-state index contributed by atoms with van der Waals surface area (Å²) >= 11 is 0. The van der Waals surface area contributed by atoms with Crippen LogP contribution < -0.4 is 10.3 Å². The number of ether oxygens (including phenoxy) is 1. The van der Waals surface area contributed by atoms with Crippen LogP contribution in [0.2, 0.25) is 0 Å². The van der Waals surface area contributed by atoms with E-state index in [1.165, 1.54) is 6.07 Å². The predicted octanol–water partition coefficient (Wildman–Crippen LogP) is 4.05. The summed E-state index contributed by atoms with van der Waals surface area (Å²) in [6, 6.07) is 27.0. The molecule has 0 spiro atoms. The van der Waals surface area contributed by atoms with E-state index < -0.39 is 11.5 Å². The highest BCUT2D eigenvalue weighted by atomic mass is 16.5. The van der Waals surface area contributed by atoms with Crippen LogP contribution in [0, 0.1) is 0 Å². The Bertz CT molecular complexity index is 1480. The molecule has 0 aliphatic rings. The Morgan fingerprint density at radius 1 is 0.818 bits per heavy atom. The summed E-state index contributed by atoms with van der Waals surface area (Å²) in [5.74, 6) is -0.823. The molecular weight excluding hydrogens is 416 g/mol. The molecule has 0 aliphatic carbocycles. The van der Waals surface area contributed by atoms with E-state index in [-0.39, 0.29) is 11.4 Å². The molecule has 162 valence electrons. The van der Waals surface area contributed by atoms with E-state index in [2.05, 4.69) is 20.4 Å². The highest BCUT2D eigenvalue weighted by molar-refractivity contribution is 5.89. The van der Waals surface area contributed by atoms with Gasteiger partial charge in [-0.15, -0.1) is 0 Å². The van der Waals surface area contributed by atoms with Crippen molar-refractivity contribution in [2.24, 2.45) is 0 Å². The minimum absolute atomic E-state index is 0.104. The molecule has 0 radical (unpaired) electrons. The maximum Gasteiger partial charge on any atom is 0.364 e. The molecule has 5 rings (SSSR count). The molecule has 3 aromatic carbocycles. The average molecular weight is 436 g/mol. The molecule has 7 nitrogen and oxygen atoms in total. The second-order valence-corrected chi connectivity index (χ2v) is 7.70. The van der Waals surface area contributed by atoms with Crippen LogP contribution in [0.4, 0.5) is 0 Å². The van der Waals surface area contributed by atoms with Gasteiger partial charge in [0.2, 0.25) is 0 Å². The van der Waals surface area contributed by atoms with Crippen LogP contribution in [0.25, 0.3) is 10.8 Å². The number of fused-ring (bicyclic) bond motifs is 1. The third kappa shape index (κ3) is 4.57. The molecule has 2 heterocycles. The van der Waals surface area contributed by atoms with Gasteiger partial charge >= 0.3 is 11.5 Å². The Balaban J connectivity index is 1.33. The monoisotopic (exact) mass is 436 g/mol. The zero-order valence-electron chi connectivity index (χ0n) is 17.6. The van der Waals surface area contributed by atoms with Gasteiger partial charge in [-0.1, -0.05) is 72.8 Å². The lowest BCUT2D eigenvalue weighted by molar-refractivity contribution is 0.0725. The van der Waals surface area contributed by atoms with Gasteiger partial charge in [-0.25, -0.2) is 9.89 Å². The molecule has 2 N–H and O–H groups in total. The van der Waals surface area contributed by atoms with Gasteiger partial charge in [0.15, 0.2) is 11.4 Å². The second-order valence-electron chi connectivity index (χ2n) is 7.70. The molecule has 0 amide bonds. The highest BCUT2D eigenvalue weighted by Gasteiger charge is 2.16. The minimum Gasteiger partial charge on any atom is -0.416 e. The number of H-pyrrole nitrogens is 2. The summed E-state index contributed by atoms with van der Waals surface area (Å²) in [6.45, 7) is 0. The number of hydrogen-bond acceptors (Lipinski definition) is 5. The molecule has 2 aromatic heterocycles. The van der Waals surface area contributed by atoms with E-state index in [1.54, 1.807) is 6.07 Å². The van der Waals surface area contributed by atoms with E-state index >= 15 is 0 Å². The van der Waals surface area contributed by atoms with Crippen molar-refractivity contribution in [2.45, 2.75) is 12.8 Å². The number of aromatic amines is 2. The summed E-state index contributed by atoms with van der Waals surface area (Å²) in [4.78, 5) is 24.8. The molecule has 0 fully saturated rings. The molecule has 0 unspecified atom stereocenters. The molecule has 33 heavy (non-hydrogen) atoms. The Morgan fingerprint density at radius 2 is 1.61 bits per heavy atom. The molecule has 5 aromatic rings. The Hall–Kier alpha value is -4.52. The van der Waals surface area contributed by atoms with E-state index in [4.69, 9.17) is 4.74 Å². The van der Waals surface area contributed by atoms with E-state index in [9.17, 15) is 9.59 Å². The summed E-state index contributed by atoms with van der Waals surface area (Å²) in [5.41, 5.74) is 3.03. The minimum atomic E-state index is -0.710. The first-order chi connectivity index (χ1) is 16.2. The SMILES string of the molecule is O=C(Oc1cc(Cc2cccc3ccccc23)n[nH]c1=O)c1cc(Cc2ccccc2)[nH]n1. The zero-order valence-corrected chi connectivity index (χ0v) is 17.6. The van der Waals surface area contributed by atoms with Crippen molar-refractivity contribution in [3.05, 3.63) is 123 Å². The molecular formula is C26H20N4O3. The second kappa shape index (κ2) is 8.92. The molecule has 0 saturated carbocycles. The van der Waals surface area contributed by atoms with Crippen LogP contribution in [-0.4, -0.2) is 26.4 Å². The fourth-order valence-corrected chi connectivity index (χ4v) is 3.76. The number of benzene rings is 3. The van der Waals surface area contributed by atoms with E-state index in [0.29, 0.717) is 18.5 Å². The van der Waals surface area contributed by atoms with Gasteiger partial charge in [0, 0.05) is 24.6 Å². The summed E-state index contributed by atoms with van der Waals surface area (Å²) < 4.78 is 5.36. The normalized spacial score (nSPS) is 10.9. The van der Waals surface area contributed by atoms with Gasteiger partial charge in [-0.2, -0.15) is 10.2 Å². The number of rotatable bonds is 6. The van der Waals surface area contributed by atoms with Crippen molar-refractivity contribution < 1.29 is 9.53 Å². The largest absolute Gasteiger partial charge is 0.416 e. The third-order valence-corrected chi connectivity index (χ3v) is 5.35. The number of hydrogen-bond donors (Lipinski definition) is 2. The van der Waals surface area contributed by atoms with Gasteiger partial charge in [0.1, 0.15) is 0 Å². The molecule has 0 atom stereocenters. The molecule has 0 bridgehead atoms. The smallest absolute Gasteiger partial charge is 0.364 e. The standard InChI is InChI=1S/C26H20N4O3/c31-25-24(33-26(32)23-15-20(27-29-23)13-17-7-2-1-3-8-17)16-21(28-30-25)14-19-11-6-10-18-9-4-5-12-22(18)19/h1-12,15-16H,13-14H2,(H,27,29)(H,30,31). The number of nitrogens with one attached hydrogen (secondary N) is 2. The summed E-state index contributed by atoms with van der Waals surface area (Å²) in [6.07, 6.45) is 1.08. The quantitative estimate of drug-likeness (QED) is 0.391. The van der Waals surface area contributed by atoms with Gasteiger partial charge < -0.3 is 4.74 Å². The van der Waals surface area contributed by atoms with Crippen molar-refractivity contribution in [3.8, 4) is 5.75 Å². The average Bonchev–Trinajstić information content (AvgIpc) is 3.31. The first kappa shape index (κ1) is 20.4. The molecule has 0 saturated heterocycles. The van der Waals surface area contributed by atoms with Crippen LogP contribution in [0.1, 0.15) is 33.0 Å². The van der Waals surface area contributed by atoms with Gasteiger partial charge in [0.05, 0.1) is 5.69 Å². The zero-order chi connectivity index (χ0) is 22.6. The lowest BCUT2D eigenvalue weighted by Crippen LogP contribution is -2.18. The lowest BCUT2D eigenvalue weighted by Gasteiger charge is -2.07. The van der Waals surface area contributed by atoms with Gasteiger partial charge in [-0.05, 0) is 28.0 Å². The Morgan fingerprint density at radius 3 is 2.48 bits per heavy atom. The summed E-state index contributed by atoms with van der Waals surface area (Å²) in [7, 11) is 0. The van der Waals surface area contributed by atoms with Crippen molar-refractivity contribution in [1.82, 2.24) is 20.4 Å². The van der Waals surface area contributed by atoms with Crippen molar-refractivity contribution in [2.75, 3.05) is 0 Å². The molecule has 0 aliphatic heterocycles. The first-order valence-electron chi connectivity index (χ1n) is 10.5. The third-order valence-electron chi connectivity index (χ3n) is 5.35. The van der Waals surface area contributed by atoms with Crippen molar-refractivity contribution >= 4 is 16.7 Å². The van der Waals surface area contributed by atoms with Gasteiger partial charge in [0.25, 0.3) is 0 Å². The van der Waals surface area contributed by atoms with Crippen molar-refractivity contribution in [3.63, 3.8) is 0 Å². The topological polar surface area (TPSA) is 101 Å². The van der Waals surface area contributed by atoms with Crippen LogP contribution in [0.15, 0.2) is 89.7 Å². The maximum absolute atomic E-state index is 12.6.